The lowest BCUT2D eigenvalue weighted by Crippen LogP contribution is -2.25. The maximum atomic E-state index is 12.9. The Balaban J connectivity index is 1.63. The average Bonchev–Trinajstić information content (AvgIpc) is 3.15. The zero-order valence-electron chi connectivity index (χ0n) is 15.6. The van der Waals surface area contributed by atoms with Crippen LogP contribution in [0.2, 0.25) is 10.0 Å². The summed E-state index contributed by atoms with van der Waals surface area (Å²) in [5.74, 6) is 1.23. The highest BCUT2D eigenvalue weighted by Gasteiger charge is 2.16. The first-order valence-electron chi connectivity index (χ1n) is 8.85. The molecule has 0 saturated carbocycles. The Kier molecular flexibility index (Phi) is 5.63. The van der Waals surface area contributed by atoms with Crippen molar-refractivity contribution in [3.05, 3.63) is 68.8 Å². The fourth-order valence-corrected chi connectivity index (χ4v) is 4.11. The Morgan fingerprint density at radius 1 is 1.07 bits per heavy atom. The van der Waals surface area contributed by atoms with Crippen molar-refractivity contribution in [2.45, 2.75) is 30.8 Å². The zero-order valence-corrected chi connectivity index (χ0v) is 17.9. The van der Waals surface area contributed by atoms with Crippen molar-refractivity contribution >= 4 is 45.9 Å². The predicted molar refractivity (Wildman–Crippen MR) is 116 cm³/mol. The number of rotatable bonds is 5. The van der Waals surface area contributed by atoms with Crippen LogP contribution in [0.3, 0.4) is 0 Å². The van der Waals surface area contributed by atoms with Crippen molar-refractivity contribution in [2.75, 3.05) is 0 Å². The summed E-state index contributed by atoms with van der Waals surface area (Å²) in [7, 11) is 0. The molecule has 0 radical (unpaired) electrons. The van der Waals surface area contributed by atoms with Crippen LogP contribution >= 0.6 is 35.0 Å². The minimum absolute atomic E-state index is 0.0510. The Morgan fingerprint density at radius 2 is 1.79 bits per heavy atom. The first-order valence-corrected chi connectivity index (χ1v) is 10.6. The van der Waals surface area contributed by atoms with E-state index in [-0.39, 0.29) is 11.6 Å². The van der Waals surface area contributed by atoms with E-state index in [0.717, 1.165) is 5.56 Å². The van der Waals surface area contributed by atoms with Gasteiger partial charge in [-0.3, -0.25) is 9.36 Å². The Labute approximate surface area is 180 Å². The van der Waals surface area contributed by atoms with E-state index in [1.54, 1.807) is 34.9 Å². The Morgan fingerprint density at radius 3 is 2.52 bits per heavy atom. The largest absolute Gasteiger partial charge is 0.420 e. The van der Waals surface area contributed by atoms with Crippen LogP contribution in [-0.2, 0) is 5.75 Å². The fourth-order valence-electron chi connectivity index (χ4n) is 2.86. The Hall–Kier alpha value is -2.35. The molecular weight excluding hydrogens is 431 g/mol. The monoisotopic (exact) mass is 446 g/mol. The number of hydrogen-bond acceptors (Lipinski definition) is 6. The Bertz CT molecular complexity index is 1240. The van der Waals surface area contributed by atoms with Crippen LogP contribution in [0.15, 0.2) is 56.8 Å². The second-order valence-corrected chi connectivity index (χ2v) is 8.44. The molecule has 0 aliphatic carbocycles. The average molecular weight is 447 g/mol. The summed E-state index contributed by atoms with van der Waals surface area (Å²) in [5, 5.41) is 10.5. The highest BCUT2D eigenvalue weighted by Crippen LogP contribution is 2.27. The van der Waals surface area contributed by atoms with E-state index in [2.05, 4.69) is 15.2 Å². The van der Waals surface area contributed by atoms with Crippen molar-refractivity contribution in [1.29, 1.82) is 0 Å². The summed E-state index contributed by atoms with van der Waals surface area (Å²) in [6.07, 6.45) is 0. The van der Waals surface area contributed by atoms with Crippen LogP contribution in [0.1, 0.15) is 25.8 Å². The van der Waals surface area contributed by atoms with Gasteiger partial charge < -0.3 is 4.42 Å². The number of nitrogens with zero attached hydrogens (tertiary/aromatic N) is 4. The van der Waals surface area contributed by atoms with Gasteiger partial charge in [-0.15, -0.1) is 10.2 Å². The number of aromatic nitrogens is 4. The van der Waals surface area contributed by atoms with E-state index in [0.29, 0.717) is 43.6 Å². The molecule has 4 rings (SSSR count). The van der Waals surface area contributed by atoms with Gasteiger partial charge in [0, 0.05) is 21.7 Å². The zero-order chi connectivity index (χ0) is 20.5. The van der Waals surface area contributed by atoms with E-state index >= 15 is 0 Å². The third kappa shape index (κ3) is 4.17. The molecule has 9 heteroatoms. The fraction of sp³-hybridized carbons (Fsp3) is 0.200. The minimum atomic E-state index is -0.100. The maximum Gasteiger partial charge on any atom is 0.262 e. The second kappa shape index (κ2) is 8.18. The molecule has 0 unspecified atom stereocenters. The van der Waals surface area contributed by atoms with Gasteiger partial charge in [-0.05, 0) is 56.3 Å². The molecular formula is C20H16Cl2N4O2S. The lowest BCUT2D eigenvalue weighted by molar-refractivity contribution is 0.514. The van der Waals surface area contributed by atoms with Crippen LogP contribution in [0.25, 0.3) is 22.4 Å². The lowest BCUT2D eigenvalue weighted by Gasteiger charge is -2.15. The van der Waals surface area contributed by atoms with Crippen molar-refractivity contribution in [3.8, 4) is 11.5 Å². The van der Waals surface area contributed by atoms with E-state index in [4.69, 9.17) is 27.6 Å². The van der Waals surface area contributed by atoms with E-state index in [9.17, 15) is 4.79 Å². The summed E-state index contributed by atoms with van der Waals surface area (Å²) in [6.45, 7) is 3.89. The van der Waals surface area contributed by atoms with Gasteiger partial charge in [-0.2, -0.15) is 0 Å². The molecule has 0 atom stereocenters. The van der Waals surface area contributed by atoms with E-state index in [1.807, 2.05) is 26.0 Å². The molecule has 2 aromatic heterocycles. The molecule has 0 N–H and O–H groups in total. The molecule has 29 heavy (non-hydrogen) atoms. The first-order chi connectivity index (χ1) is 13.9. The van der Waals surface area contributed by atoms with Crippen LogP contribution in [0.4, 0.5) is 0 Å². The summed E-state index contributed by atoms with van der Waals surface area (Å²) in [4.78, 5) is 17.6. The van der Waals surface area contributed by atoms with Crippen molar-refractivity contribution < 1.29 is 4.42 Å². The predicted octanol–water partition coefficient (Wildman–Crippen LogP) is 5.63. The highest BCUT2D eigenvalue weighted by atomic mass is 35.5. The van der Waals surface area contributed by atoms with Crippen LogP contribution in [-0.4, -0.2) is 19.7 Å². The van der Waals surface area contributed by atoms with Crippen LogP contribution in [0, 0.1) is 0 Å². The lowest BCUT2D eigenvalue weighted by atomic mass is 10.2. The van der Waals surface area contributed by atoms with Crippen LogP contribution in [0.5, 0.6) is 0 Å². The SMILES string of the molecule is CC(C)n1c(SCc2nnc(-c3ccc(Cl)cc3)o2)nc2cc(Cl)ccc2c1=O. The molecule has 2 aromatic carbocycles. The van der Waals surface area contributed by atoms with Crippen LogP contribution < -0.4 is 5.56 Å². The number of benzene rings is 2. The molecule has 0 aliphatic rings. The minimum Gasteiger partial charge on any atom is -0.420 e. The van der Waals surface area contributed by atoms with Gasteiger partial charge in [0.15, 0.2) is 5.16 Å². The van der Waals surface area contributed by atoms with E-state index < -0.39 is 0 Å². The maximum absolute atomic E-state index is 12.9. The smallest absolute Gasteiger partial charge is 0.262 e. The van der Waals surface area contributed by atoms with Gasteiger partial charge in [0.05, 0.1) is 16.7 Å². The van der Waals surface area contributed by atoms with Gasteiger partial charge in [0.25, 0.3) is 5.56 Å². The number of halogens is 2. The molecule has 6 nitrogen and oxygen atoms in total. The first kappa shape index (κ1) is 19.9. The summed E-state index contributed by atoms with van der Waals surface area (Å²) >= 11 is 13.4. The molecule has 0 aliphatic heterocycles. The molecule has 148 valence electrons. The summed E-state index contributed by atoms with van der Waals surface area (Å²) in [5.41, 5.74) is 1.25. The molecule has 0 bridgehead atoms. The highest BCUT2D eigenvalue weighted by molar-refractivity contribution is 7.98. The van der Waals surface area contributed by atoms with E-state index in [1.165, 1.54) is 11.8 Å². The molecule has 4 aromatic rings. The molecule has 0 saturated heterocycles. The van der Waals surface area contributed by atoms with Gasteiger partial charge in [-0.1, -0.05) is 35.0 Å². The summed E-state index contributed by atoms with van der Waals surface area (Å²) < 4.78 is 7.41. The third-order valence-corrected chi connectivity index (χ3v) is 5.65. The van der Waals surface area contributed by atoms with Crippen molar-refractivity contribution in [2.24, 2.45) is 0 Å². The van der Waals surface area contributed by atoms with Gasteiger partial charge in [-0.25, -0.2) is 4.98 Å². The van der Waals surface area contributed by atoms with Crippen molar-refractivity contribution in [3.63, 3.8) is 0 Å². The molecule has 0 amide bonds. The van der Waals surface area contributed by atoms with Gasteiger partial charge in [0.1, 0.15) is 0 Å². The third-order valence-electron chi connectivity index (χ3n) is 4.23. The normalized spacial score (nSPS) is 11.5. The number of fused-ring (bicyclic) bond motifs is 1. The standard InChI is InChI=1S/C20H16Cl2N4O2S/c1-11(2)26-19(27)15-8-7-14(22)9-16(15)23-20(26)29-10-17-24-25-18(28-17)12-3-5-13(21)6-4-12/h3-9,11H,10H2,1-2H3. The number of hydrogen-bond donors (Lipinski definition) is 0. The number of thioether (sulfide) groups is 1. The topological polar surface area (TPSA) is 73.8 Å². The summed E-state index contributed by atoms with van der Waals surface area (Å²) in [6, 6.07) is 12.2. The van der Waals surface area contributed by atoms with Gasteiger partial charge in [0.2, 0.25) is 11.8 Å². The molecule has 2 heterocycles. The van der Waals surface area contributed by atoms with Gasteiger partial charge >= 0.3 is 0 Å². The van der Waals surface area contributed by atoms with Crippen molar-refractivity contribution in [1.82, 2.24) is 19.7 Å². The quantitative estimate of drug-likeness (QED) is 0.292. The molecule has 0 fully saturated rings. The second-order valence-electron chi connectivity index (χ2n) is 6.62. The molecule has 0 spiro atoms.